The molecule has 0 amide bonds. The van der Waals surface area contributed by atoms with E-state index in [2.05, 4.69) is 0 Å². The lowest BCUT2D eigenvalue weighted by molar-refractivity contribution is -0.145. The predicted molar refractivity (Wildman–Crippen MR) is 89.8 cm³/mol. The van der Waals surface area contributed by atoms with E-state index in [1.54, 1.807) is 25.1 Å². The Kier molecular flexibility index (Phi) is 7.80. The summed E-state index contributed by atoms with van der Waals surface area (Å²) in [6.45, 7) is 5.79. The minimum atomic E-state index is -0.691. The largest absolute Gasteiger partial charge is 0.493 e. The summed E-state index contributed by atoms with van der Waals surface area (Å²) >= 11 is 0. The first-order valence-electron chi connectivity index (χ1n) is 7.57. The lowest BCUT2D eigenvalue weighted by Crippen LogP contribution is -2.20. The van der Waals surface area contributed by atoms with Crippen molar-refractivity contribution in [2.45, 2.75) is 33.0 Å². The number of carbonyl (C=O) groups excluding carboxylic acids is 1. The monoisotopic (exact) mass is 333 g/mol. The Morgan fingerprint density at radius 3 is 2.50 bits per heavy atom. The fourth-order valence-corrected chi connectivity index (χ4v) is 1.94. The number of benzene rings is 1. The zero-order chi connectivity index (χ0) is 18.1. The van der Waals surface area contributed by atoms with E-state index in [4.69, 9.17) is 18.9 Å². The quantitative estimate of drug-likeness (QED) is 0.413. The van der Waals surface area contributed by atoms with E-state index in [9.17, 15) is 10.1 Å². The van der Waals surface area contributed by atoms with Crippen LogP contribution >= 0.6 is 0 Å². The van der Waals surface area contributed by atoms with E-state index >= 15 is 0 Å². The number of nitrogens with zero attached hydrogens (tertiary/aromatic N) is 1. The Morgan fingerprint density at radius 1 is 1.25 bits per heavy atom. The highest BCUT2D eigenvalue weighted by atomic mass is 16.6. The number of ether oxygens (including phenoxy) is 4. The van der Waals surface area contributed by atoms with Gasteiger partial charge in [-0.2, -0.15) is 5.26 Å². The Hall–Kier alpha value is -2.52. The molecule has 0 saturated heterocycles. The number of hydrogen-bond acceptors (Lipinski definition) is 6. The number of nitriles is 1. The molecule has 0 saturated carbocycles. The molecular formula is C18H23NO5. The number of methoxy groups -OCH3 is 2. The number of hydrogen-bond donors (Lipinski definition) is 0. The fraction of sp³-hybridized carbons (Fsp3) is 0.444. The summed E-state index contributed by atoms with van der Waals surface area (Å²) in [5.41, 5.74) is 0.536. The highest BCUT2D eigenvalue weighted by Gasteiger charge is 2.15. The van der Waals surface area contributed by atoms with Gasteiger partial charge in [-0.25, -0.2) is 4.79 Å². The van der Waals surface area contributed by atoms with Gasteiger partial charge in [0.2, 0.25) is 0 Å². The molecule has 0 unspecified atom stereocenters. The smallest absolute Gasteiger partial charge is 0.349 e. The van der Waals surface area contributed by atoms with Gasteiger partial charge in [-0.3, -0.25) is 0 Å². The molecule has 0 radical (unpaired) electrons. The van der Waals surface area contributed by atoms with Crippen molar-refractivity contribution in [3.8, 4) is 17.6 Å². The molecule has 0 aromatic heterocycles. The van der Waals surface area contributed by atoms with Crippen LogP contribution in [-0.4, -0.2) is 39.0 Å². The van der Waals surface area contributed by atoms with Gasteiger partial charge in [-0.1, -0.05) is 6.07 Å². The van der Waals surface area contributed by atoms with Crippen LogP contribution < -0.4 is 9.47 Å². The molecule has 1 atom stereocenters. The van der Waals surface area contributed by atoms with Gasteiger partial charge in [0.15, 0.2) is 11.5 Å². The second-order valence-electron chi connectivity index (χ2n) is 5.42. The number of esters is 1. The lowest BCUT2D eigenvalue weighted by Gasteiger charge is -2.14. The summed E-state index contributed by atoms with van der Waals surface area (Å²) in [4.78, 5) is 12.0. The molecule has 6 nitrogen and oxygen atoms in total. The molecule has 0 fully saturated rings. The molecule has 0 spiro atoms. The predicted octanol–water partition coefficient (Wildman–Crippen LogP) is 2.97. The van der Waals surface area contributed by atoms with E-state index in [-0.39, 0.29) is 18.3 Å². The number of carbonyl (C=O) groups is 1. The van der Waals surface area contributed by atoms with Crippen LogP contribution in [0.25, 0.3) is 6.08 Å². The number of rotatable bonds is 8. The molecule has 0 bridgehead atoms. The summed E-state index contributed by atoms with van der Waals surface area (Å²) in [5, 5.41) is 9.19. The van der Waals surface area contributed by atoms with Crippen molar-refractivity contribution < 1.29 is 23.7 Å². The third-order valence-corrected chi connectivity index (χ3v) is 2.91. The van der Waals surface area contributed by atoms with Crippen LogP contribution in [0.15, 0.2) is 23.8 Å². The van der Waals surface area contributed by atoms with Crippen LogP contribution in [0.4, 0.5) is 0 Å². The van der Waals surface area contributed by atoms with Gasteiger partial charge >= 0.3 is 5.97 Å². The van der Waals surface area contributed by atoms with Crippen LogP contribution in [0, 0.1) is 11.3 Å². The molecule has 1 aromatic carbocycles. The first-order chi connectivity index (χ1) is 11.4. The van der Waals surface area contributed by atoms with E-state index in [1.807, 2.05) is 19.9 Å². The van der Waals surface area contributed by atoms with Crippen LogP contribution in [0.2, 0.25) is 0 Å². The van der Waals surface area contributed by atoms with E-state index in [1.165, 1.54) is 20.3 Å². The van der Waals surface area contributed by atoms with Crippen molar-refractivity contribution in [1.29, 1.82) is 5.26 Å². The minimum absolute atomic E-state index is 0.00668. The molecule has 0 heterocycles. The first kappa shape index (κ1) is 19.5. The zero-order valence-corrected chi connectivity index (χ0v) is 14.7. The van der Waals surface area contributed by atoms with E-state index < -0.39 is 12.1 Å². The van der Waals surface area contributed by atoms with Crippen molar-refractivity contribution in [3.05, 3.63) is 29.3 Å². The molecule has 0 aliphatic heterocycles. The summed E-state index contributed by atoms with van der Waals surface area (Å²) < 4.78 is 21.0. The maximum absolute atomic E-state index is 12.0. The van der Waals surface area contributed by atoms with Crippen molar-refractivity contribution >= 4 is 12.0 Å². The maximum atomic E-state index is 12.0. The van der Waals surface area contributed by atoms with E-state index in [0.29, 0.717) is 17.1 Å². The third kappa shape index (κ3) is 5.94. The van der Waals surface area contributed by atoms with Crippen molar-refractivity contribution in [2.75, 3.05) is 20.8 Å². The van der Waals surface area contributed by atoms with Crippen LogP contribution in [0.1, 0.15) is 26.3 Å². The van der Waals surface area contributed by atoms with Gasteiger partial charge in [0.25, 0.3) is 0 Å². The Labute approximate surface area is 142 Å². The van der Waals surface area contributed by atoms with Gasteiger partial charge in [0, 0.05) is 7.11 Å². The average Bonchev–Trinajstić information content (AvgIpc) is 2.53. The third-order valence-electron chi connectivity index (χ3n) is 2.91. The summed E-state index contributed by atoms with van der Waals surface area (Å²) in [5.74, 6) is 0.429. The molecule has 0 aliphatic rings. The molecule has 0 N–H and O–H groups in total. The Morgan fingerprint density at radius 2 is 1.96 bits per heavy atom. The van der Waals surface area contributed by atoms with Crippen LogP contribution in [-0.2, 0) is 14.3 Å². The molecule has 1 aromatic rings. The minimum Gasteiger partial charge on any atom is -0.493 e. The van der Waals surface area contributed by atoms with Gasteiger partial charge in [0.1, 0.15) is 17.7 Å². The molecular weight excluding hydrogens is 310 g/mol. The standard InChI is InChI=1S/C18H23NO5/c1-12(2)23-16-7-6-14(9-17(16)22-5)8-15(10-19)18(20)24-13(3)11-21-4/h6-9,12-13H,11H2,1-5H3/b15-8+/t13-/m1/s1. The lowest BCUT2D eigenvalue weighted by atomic mass is 10.1. The summed E-state index contributed by atoms with van der Waals surface area (Å²) in [6, 6.07) is 7.03. The molecule has 24 heavy (non-hydrogen) atoms. The fourth-order valence-electron chi connectivity index (χ4n) is 1.94. The van der Waals surface area contributed by atoms with Gasteiger partial charge in [-0.05, 0) is 44.5 Å². The average molecular weight is 333 g/mol. The second kappa shape index (κ2) is 9.58. The molecule has 6 heteroatoms. The van der Waals surface area contributed by atoms with Gasteiger partial charge < -0.3 is 18.9 Å². The van der Waals surface area contributed by atoms with Crippen molar-refractivity contribution in [2.24, 2.45) is 0 Å². The molecule has 0 aliphatic carbocycles. The molecule has 1 rings (SSSR count). The van der Waals surface area contributed by atoms with E-state index in [0.717, 1.165) is 0 Å². The zero-order valence-electron chi connectivity index (χ0n) is 14.7. The highest BCUT2D eigenvalue weighted by Crippen LogP contribution is 2.29. The van der Waals surface area contributed by atoms with Crippen molar-refractivity contribution in [1.82, 2.24) is 0 Å². The first-order valence-corrected chi connectivity index (χ1v) is 7.57. The Bertz CT molecular complexity index is 631. The van der Waals surface area contributed by atoms with Crippen LogP contribution in [0.5, 0.6) is 11.5 Å². The highest BCUT2D eigenvalue weighted by molar-refractivity contribution is 5.98. The maximum Gasteiger partial charge on any atom is 0.349 e. The summed E-state index contributed by atoms with van der Waals surface area (Å²) in [6.07, 6.45) is 1.02. The van der Waals surface area contributed by atoms with Crippen molar-refractivity contribution in [3.63, 3.8) is 0 Å². The second-order valence-corrected chi connectivity index (χ2v) is 5.42. The SMILES string of the molecule is COC[C@@H](C)OC(=O)/C(C#N)=C/c1ccc(OC(C)C)c(OC)c1. The normalized spacial score (nSPS) is 12.5. The summed E-state index contributed by atoms with van der Waals surface area (Å²) in [7, 11) is 3.04. The molecule has 130 valence electrons. The van der Waals surface area contributed by atoms with Gasteiger partial charge in [0.05, 0.1) is 19.8 Å². The van der Waals surface area contributed by atoms with Crippen LogP contribution in [0.3, 0.4) is 0 Å². The topological polar surface area (TPSA) is 77.8 Å². The Balaban J connectivity index is 3.00. The van der Waals surface area contributed by atoms with Gasteiger partial charge in [-0.15, -0.1) is 0 Å².